The standard InChI is InChI=1S/C97H162O16P2/c1-4-7-10-13-16-19-22-25-28-31-34-36-38-40-42-43-44-45-46-47-49-51-52-54-57-59-62-65-68-71-74-77-80-83-95(100)107-86-92(98)87-109-114(103,104)110-88-93(99)89-111-115(105,106)112-91-94(113-97(102)85-82-79-76-73-70-67-64-61-56-33-30-27-24-21-18-15-12-9-6-3)90-108-96(101)84-81-78-75-72-69-66-63-60-58-55-53-50-48-41-39-37-35-32-29-26-23-20-17-14-11-8-5-2/h7-12,16-21,25-30,34-37,40-42,44-45,48,56,61,92-94,98-99H,4-6,13-15,22-24,31-33,38-39,43,46-47,49-55,57-60,62-91H2,1-3H3,(H,103,104)(H,105,106)/b10-7-,11-8-,12-9-,19-16-,20-17-,21-18-,28-25-,29-26-,30-27-,36-34-,37-35-,42-40-,45-44-,48-41-,61-56-. The molecule has 0 aromatic rings. The smallest absolute Gasteiger partial charge is 0.463 e. The first-order chi connectivity index (χ1) is 56.2. The SMILES string of the molecule is CC/C=C\C/C=C\C/C=C\C/C=C\C/C=C\C/C=C\CCCCCCCCCCCCCCCCC(=O)OCC(O)COP(=O)(O)OCC(O)COP(=O)(O)OCC(COC(=O)CCCCCCCCCCCCC/C=C\C/C=C\C/C=C\C/C=C\C/C=C\CC)OC(=O)CCCCCCCC/C=C\C/C=C\C/C=C\C/C=C\CC. The molecular formula is C97H162O16P2. The lowest BCUT2D eigenvalue weighted by atomic mass is 10.0. The number of aliphatic hydroxyl groups excluding tert-OH is 2. The fourth-order valence-electron chi connectivity index (χ4n) is 11.9. The van der Waals surface area contributed by atoms with E-state index >= 15 is 0 Å². The summed E-state index contributed by atoms with van der Waals surface area (Å²) in [6.45, 7) is 2.35. The van der Waals surface area contributed by atoms with E-state index < -0.39 is 91.5 Å². The lowest BCUT2D eigenvalue weighted by Gasteiger charge is -2.21. The fraction of sp³-hybridized carbons (Fsp3) is 0.660. The van der Waals surface area contributed by atoms with Gasteiger partial charge in [0, 0.05) is 19.3 Å². The van der Waals surface area contributed by atoms with Gasteiger partial charge >= 0.3 is 33.6 Å². The van der Waals surface area contributed by atoms with Crippen molar-refractivity contribution in [3.05, 3.63) is 182 Å². The molecule has 0 spiro atoms. The Morgan fingerprint density at radius 1 is 0.243 bits per heavy atom. The summed E-state index contributed by atoms with van der Waals surface area (Å²) in [4.78, 5) is 59.0. The zero-order chi connectivity index (χ0) is 83.6. The number of rotatable bonds is 84. The fourth-order valence-corrected chi connectivity index (χ4v) is 13.5. The van der Waals surface area contributed by atoms with Gasteiger partial charge in [-0.1, -0.05) is 364 Å². The van der Waals surface area contributed by atoms with Crippen molar-refractivity contribution in [3.63, 3.8) is 0 Å². The van der Waals surface area contributed by atoms with Crippen LogP contribution in [-0.4, -0.2) is 95.9 Å². The van der Waals surface area contributed by atoms with Gasteiger partial charge in [-0.2, -0.15) is 0 Å². The molecule has 0 radical (unpaired) electrons. The quantitative estimate of drug-likeness (QED) is 0.0146. The minimum Gasteiger partial charge on any atom is -0.463 e. The van der Waals surface area contributed by atoms with Gasteiger partial charge in [-0.25, -0.2) is 9.13 Å². The van der Waals surface area contributed by atoms with Crippen LogP contribution in [0.3, 0.4) is 0 Å². The average Bonchev–Trinajstić information content (AvgIpc) is 0.902. The Balaban J connectivity index is 4.56. The van der Waals surface area contributed by atoms with Crippen LogP contribution in [0.4, 0.5) is 0 Å². The summed E-state index contributed by atoms with van der Waals surface area (Å²) in [5.41, 5.74) is 0. The van der Waals surface area contributed by atoms with Crippen LogP contribution in [0, 0.1) is 0 Å². The summed E-state index contributed by atoms with van der Waals surface area (Å²) >= 11 is 0. The van der Waals surface area contributed by atoms with Crippen LogP contribution in [-0.2, 0) is 55.8 Å². The summed E-state index contributed by atoms with van der Waals surface area (Å²) in [6, 6.07) is 0. The van der Waals surface area contributed by atoms with Gasteiger partial charge in [0.1, 0.15) is 25.4 Å². The number of hydrogen-bond acceptors (Lipinski definition) is 14. The molecule has 0 saturated carbocycles. The third-order valence-electron chi connectivity index (χ3n) is 18.6. The van der Waals surface area contributed by atoms with E-state index in [4.69, 9.17) is 32.3 Å². The maximum atomic E-state index is 13.0. The normalized spacial score (nSPS) is 14.7. The van der Waals surface area contributed by atoms with Crippen molar-refractivity contribution in [2.45, 2.75) is 373 Å². The minimum absolute atomic E-state index is 0.0831. The Kier molecular flexibility index (Phi) is 83.9. The van der Waals surface area contributed by atoms with Gasteiger partial charge in [-0.3, -0.25) is 32.5 Å². The van der Waals surface area contributed by atoms with E-state index in [1.54, 1.807) is 0 Å². The first-order valence-corrected chi connectivity index (χ1v) is 48.1. The number of ether oxygens (including phenoxy) is 3. The van der Waals surface area contributed by atoms with Crippen LogP contribution in [0.1, 0.15) is 355 Å². The number of carbonyl (C=O) groups excluding carboxylic acids is 3. The first kappa shape index (κ1) is 110. The lowest BCUT2D eigenvalue weighted by Crippen LogP contribution is -2.30. The molecule has 0 aromatic heterocycles. The Morgan fingerprint density at radius 2 is 0.435 bits per heavy atom. The number of allylic oxidation sites excluding steroid dienone is 30. The highest BCUT2D eigenvalue weighted by molar-refractivity contribution is 7.47. The van der Waals surface area contributed by atoms with Gasteiger partial charge in [-0.15, -0.1) is 0 Å². The zero-order valence-corrected chi connectivity index (χ0v) is 73.9. The summed E-state index contributed by atoms with van der Waals surface area (Å²) in [5, 5.41) is 20.7. The average molecular weight is 1650 g/mol. The maximum Gasteiger partial charge on any atom is 0.472 e. The largest absolute Gasteiger partial charge is 0.472 e. The maximum absolute atomic E-state index is 13.0. The van der Waals surface area contributed by atoms with Crippen molar-refractivity contribution in [3.8, 4) is 0 Å². The third-order valence-corrected chi connectivity index (χ3v) is 20.5. The third kappa shape index (κ3) is 89.3. The van der Waals surface area contributed by atoms with Crippen molar-refractivity contribution in [2.24, 2.45) is 0 Å². The molecule has 5 atom stereocenters. The Bertz CT molecular complexity index is 2820. The molecule has 0 aromatic carbocycles. The molecule has 0 aliphatic heterocycles. The summed E-state index contributed by atoms with van der Waals surface area (Å²) < 4.78 is 61.4. The topological polar surface area (TPSA) is 231 Å². The lowest BCUT2D eigenvalue weighted by molar-refractivity contribution is -0.161. The Hall–Kier alpha value is -5.35. The van der Waals surface area contributed by atoms with E-state index in [0.717, 1.165) is 193 Å². The Labute approximate surface area is 700 Å². The van der Waals surface area contributed by atoms with E-state index in [9.17, 15) is 43.5 Å². The monoisotopic (exact) mass is 1650 g/mol. The van der Waals surface area contributed by atoms with Gasteiger partial charge in [0.15, 0.2) is 6.10 Å². The van der Waals surface area contributed by atoms with Crippen LogP contribution in [0.15, 0.2) is 182 Å². The highest BCUT2D eigenvalue weighted by Gasteiger charge is 2.29. The Morgan fingerprint density at radius 3 is 0.687 bits per heavy atom. The molecular weight excluding hydrogens is 1480 g/mol. The molecule has 115 heavy (non-hydrogen) atoms. The zero-order valence-electron chi connectivity index (χ0n) is 72.1. The van der Waals surface area contributed by atoms with Crippen molar-refractivity contribution in [1.82, 2.24) is 0 Å². The summed E-state index contributed by atoms with van der Waals surface area (Å²) in [5.74, 6) is -1.59. The molecule has 0 bridgehead atoms. The van der Waals surface area contributed by atoms with E-state index in [2.05, 4.69) is 203 Å². The van der Waals surface area contributed by atoms with Gasteiger partial charge in [0.2, 0.25) is 0 Å². The molecule has 0 fully saturated rings. The molecule has 0 rings (SSSR count). The predicted octanol–water partition coefficient (Wildman–Crippen LogP) is 27.7. The molecule has 0 aliphatic carbocycles. The van der Waals surface area contributed by atoms with Gasteiger partial charge in [0.05, 0.1) is 26.4 Å². The second-order valence-corrected chi connectivity index (χ2v) is 32.5. The number of unbranched alkanes of at least 4 members (excludes halogenated alkanes) is 31. The molecule has 4 N–H and O–H groups in total. The first-order valence-electron chi connectivity index (χ1n) is 45.1. The van der Waals surface area contributed by atoms with Crippen molar-refractivity contribution >= 4 is 33.6 Å². The number of phosphoric acid groups is 2. The predicted molar refractivity (Wildman–Crippen MR) is 481 cm³/mol. The molecule has 0 heterocycles. The van der Waals surface area contributed by atoms with Crippen LogP contribution < -0.4 is 0 Å². The molecule has 0 aliphatic rings. The number of aliphatic hydroxyl groups is 2. The highest BCUT2D eigenvalue weighted by Crippen LogP contribution is 2.45. The number of esters is 3. The van der Waals surface area contributed by atoms with Crippen LogP contribution in [0.5, 0.6) is 0 Å². The molecule has 16 nitrogen and oxygen atoms in total. The molecule has 656 valence electrons. The van der Waals surface area contributed by atoms with E-state index in [1.165, 1.54) is 103 Å². The van der Waals surface area contributed by atoms with E-state index in [0.29, 0.717) is 19.3 Å². The van der Waals surface area contributed by atoms with Crippen LogP contribution in [0.25, 0.3) is 0 Å². The molecule has 18 heteroatoms. The molecule has 0 saturated heterocycles. The highest BCUT2D eigenvalue weighted by atomic mass is 31.2. The van der Waals surface area contributed by atoms with Crippen LogP contribution >= 0.6 is 15.6 Å². The van der Waals surface area contributed by atoms with Gasteiger partial charge in [0.25, 0.3) is 0 Å². The molecule has 5 unspecified atom stereocenters. The number of carbonyl (C=O) groups is 3. The van der Waals surface area contributed by atoms with Gasteiger partial charge < -0.3 is 34.2 Å². The van der Waals surface area contributed by atoms with Crippen molar-refractivity contribution in [1.29, 1.82) is 0 Å². The number of phosphoric ester groups is 2. The summed E-state index contributed by atoms with van der Waals surface area (Å²) in [6.07, 6.45) is 115. The second-order valence-electron chi connectivity index (χ2n) is 29.6. The van der Waals surface area contributed by atoms with E-state index in [1.807, 2.05) is 0 Å². The minimum atomic E-state index is -4.95. The summed E-state index contributed by atoms with van der Waals surface area (Å²) in [7, 11) is -9.82. The van der Waals surface area contributed by atoms with Gasteiger partial charge in [-0.05, 0) is 154 Å². The van der Waals surface area contributed by atoms with Crippen molar-refractivity contribution in [2.75, 3.05) is 39.6 Å². The van der Waals surface area contributed by atoms with Crippen LogP contribution in [0.2, 0.25) is 0 Å². The molecule has 0 amide bonds. The van der Waals surface area contributed by atoms with Crippen molar-refractivity contribution < 1.29 is 75.8 Å². The second kappa shape index (κ2) is 87.9. The van der Waals surface area contributed by atoms with E-state index in [-0.39, 0.29) is 19.3 Å². The number of hydrogen-bond donors (Lipinski definition) is 4.